The highest BCUT2D eigenvalue weighted by molar-refractivity contribution is 5.76. The maximum absolute atomic E-state index is 11.9. The lowest BCUT2D eigenvalue weighted by Crippen LogP contribution is -2.44. The minimum atomic E-state index is -0.0205. The summed E-state index contributed by atoms with van der Waals surface area (Å²) in [5.74, 6) is 1.89. The number of carbonyl (C=O) groups is 1. The Bertz CT molecular complexity index is 253. The van der Waals surface area contributed by atoms with Gasteiger partial charge in [-0.25, -0.2) is 0 Å². The molecule has 3 heteroatoms. The number of carbonyl (C=O) groups excluding carboxylic acids is 1. The number of amides is 1. The highest BCUT2D eigenvalue weighted by Crippen LogP contribution is 2.28. The first-order chi connectivity index (χ1) is 7.90. The summed E-state index contributed by atoms with van der Waals surface area (Å²) in [6, 6.07) is 0.339. The zero-order valence-corrected chi connectivity index (χ0v) is 11.7. The van der Waals surface area contributed by atoms with E-state index in [4.69, 9.17) is 5.73 Å². The summed E-state index contributed by atoms with van der Waals surface area (Å²) in [7, 11) is 0. The molecule has 0 aromatic heterocycles. The van der Waals surface area contributed by atoms with Gasteiger partial charge in [0, 0.05) is 18.5 Å². The standard InChI is InChI=1S/C14H28N2O/c1-9(2)12(15)8-14(17)16-13-6-5-10(3)7-11(13)4/h9-13H,5-8,15H2,1-4H3,(H,16,17). The van der Waals surface area contributed by atoms with E-state index < -0.39 is 0 Å². The van der Waals surface area contributed by atoms with Gasteiger partial charge in [0.2, 0.25) is 5.91 Å². The van der Waals surface area contributed by atoms with E-state index in [9.17, 15) is 4.79 Å². The lowest BCUT2D eigenvalue weighted by Gasteiger charge is -2.33. The van der Waals surface area contributed by atoms with E-state index in [1.807, 2.05) is 0 Å². The molecule has 1 fully saturated rings. The van der Waals surface area contributed by atoms with Crippen LogP contribution in [0.4, 0.5) is 0 Å². The summed E-state index contributed by atoms with van der Waals surface area (Å²) < 4.78 is 0. The molecule has 1 saturated carbocycles. The minimum Gasteiger partial charge on any atom is -0.353 e. The van der Waals surface area contributed by atoms with E-state index >= 15 is 0 Å². The Morgan fingerprint density at radius 2 is 2.00 bits per heavy atom. The van der Waals surface area contributed by atoms with Crippen molar-refractivity contribution in [3.63, 3.8) is 0 Å². The van der Waals surface area contributed by atoms with Crippen molar-refractivity contribution in [1.82, 2.24) is 5.32 Å². The predicted octanol–water partition coefficient (Wildman–Crippen LogP) is 2.30. The van der Waals surface area contributed by atoms with Crippen molar-refractivity contribution in [1.29, 1.82) is 0 Å². The van der Waals surface area contributed by atoms with E-state index in [1.54, 1.807) is 0 Å². The third-order valence-corrected chi connectivity index (χ3v) is 4.06. The van der Waals surface area contributed by atoms with Crippen LogP contribution < -0.4 is 11.1 Å². The van der Waals surface area contributed by atoms with E-state index in [1.165, 1.54) is 12.8 Å². The Morgan fingerprint density at radius 3 is 2.53 bits per heavy atom. The fourth-order valence-corrected chi connectivity index (χ4v) is 2.60. The Labute approximate surface area is 106 Å². The van der Waals surface area contributed by atoms with E-state index in [0.29, 0.717) is 24.3 Å². The summed E-state index contributed by atoms with van der Waals surface area (Å²) in [6.45, 7) is 8.65. The molecule has 0 aromatic carbocycles. The van der Waals surface area contributed by atoms with Crippen LogP contribution in [0.25, 0.3) is 0 Å². The Hall–Kier alpha value is -0.570. The molecule has 0 radical (unpaired) electrons. The van der Waals surface area contributed by atoms with Crippen LogP contribution in [0, 0.1) is 17.8 Å². The van der Waals surface area contributed by atoms with Gasteiger partial charge in [0.15, 0.2) is 0 Å². The van der Waals surface area contributed by atoms with Crippen LogP contribution in [0.2, 0.25) is 0 Å². The van der Waals surface area contributed by atoms with Gasteiger partial charge in [-0.3, -0.25) is 4.79 Å². The average Bonchev–Trinajstić information content (AvgIpc) is 2.22. The lowest BCUT2D eigenvalue weighted by atomic mass is 9.80. The molecule has 3 N–H and O–H groups in total. The number of nitrogens with one attached hydrogen (secondary N) is 1. The zero-order valence-electron chi connectivity index (χ0n) is 11.7. The first kappa shape index (κ1) is 14.5. The second-order valence-corrected chi connectivity index (χ2v) is 6.18. The average molecular weight is 240 g/mol. The number of hydrogen-bond acceptors (Lipinski definition) is 2. The van der Waals surface area contributed by atoms with Crippen molar-refractivity contribution in [3.8, 4) is 0 Å². The number of rotatable bonds is 4. The first-order valence-electron chi connectivity index (χ1n) is 6.95. The molecule has 0 aromatic rings. The molecule has 3 nitrogen and oxygen atoms in total. The van der Waals surface area contributed by atoms with Crippen LogP contribution in [0.1, 0.15) is 53.4 Å². The van der Waals surface area contributed by atoms with Gasteiger partial charge in [0.1, 0.15) is 0 Å². The normalized spacial score (nSPS) is 31.3. The highest BCUT2D eigenvalue weighted by Gasteiger charge is 2.26. The van der Waals surface area contributed by atoms with Crippen molar-refractivity contribution < 1.29 is 4.79 Å². The molecule has 1 amide bonds. The van der Waals surface area contributed by atoms with Crippen LogP contribution in [0.3, 0.4) is 0 Å². The van der Waals surface area contributed by atoms with E-state index in [2.05, 4.69) is 33.0 Å². The molecule has 1 aliphatic rings. The van der Waals surface area contributed by atoms with Crippen molar-refractivity contribution >= 4 is 5.91 Å². The summed E-state index contributed by atoms with van der Waals surface area (Å²) in [4.78, 5) is 11.9. The maximum Gasteiger partial charge on any atom is 0.221 e. The first-order valence-corrected chi connectivity index (χ1v) is 6.95. The Morgan fingerprint density at radius 1 is 1.35 bits per heavy atom. The number of nitrogens with two attached hydrogens (primary N) is 1. The van der Waals surface area contributed by atoms with Gasteiger partial charge < -0.3 is 11.1 Å². The monoisotopic (exact) mass is 240 g/mol. The molecule has 4 atom stereocenters. The van der Waals surface area contributed by atoms with Crippen molar-refractivity contribution in [2.24, 2.45) is 23.5 Å². The zero-order chi connectivity index (χ0) is 13.0. The molecule has 0 aliphatic heterocycles. The predicted molar refractivity (Wildman–Crippen MR) is 71.5 cm³/mol. The van der Waals surface area contributed by atoms with Gasteiger partial charge in [-0.05, 0) is 37.0 Å². The largest absolute Gasteiger partial charge is 0.353 e. The fourth-order valence-electron chi connectivity index (χ4n) is 2.60. The van der Waals surface area contributed by atoms with Gasteiger partial charge in [0.25, 0.3) is 0 Å². The van der Waals surface area contributed by atoms with Gasteiger partial charge in [0.05, 0.1) is 0 Å². The van der Waals surface area contributed by atoms with Crippen molar-refractivity contribution in [3.05, 3.63) is 0 Å². The molecule has 1 aliphatic carbocycles. The summed E-state index contributed by atoms with van der Waals surface area (Å²) >= 11 is 0. The third-order valence-electron chi connectivity index (χ3n) is 4.06. The third kappa shape index (κ3) is 4.66. The minimum absolute atomic E-state index is 0.0205. The van der Waals surface area contributed by atoms with Gasteiger partial charge in [-0.1, -0.05) is 27.7 Å². The fraction of sp³-hybridized carbons (Fsp3) is 0.929. The molecule has 0 bridgehead atoms. The van der Waals surface area contributed by atoms with Gasteiger partial charge >= 0.3 is 0 Å². The van der Waals surface area contributed by atoms with Crippen LogP contribution >= 0.6 is 0 Å². The van der Waals surface area contributed by atoms with Crippen LogP contribution in [0.5, 0.6) is 0 Å². The highest BCUT2D eigenvalue weighted by atomic mass is 16.1. The molecule has 100 valence electrons. The molecule has 4 unspecified atom stereocenters. The lowest BCUT2D eigenvalue weighted by molar-refractivity contribution is -0.123. The van der Waals surface area contributed by atoms with Crippen LogP contribution in [0.15, 0.2) is 0 Å². The quantitative estimate of drug-likeness (QED) is 0.792. The molecular weight excluding hydrogens is 212 g/mol. The summed E-state index contributed by atoms with van der Waals surface area (Å²) in [5, 5.41) is 3.16. The molecule has 0 spiro atoms. The Balaban J connectivity index is 2.36. The topological polar surface area (TPSA) is 55.1 Å². The van der Waals surface area contributed by atoms with Gasteiger partial charge in [-0.15, -0.1) is 0 Å². The Kier molecular flexibility index (Phi) is 5.44. The van der Waals surface area contributed by atoms with Crippen molar-refractivity contribution in [2.75, 3.05) is 0 Å². The van der Waals surface area contributed by atoms with Crippen LogP contribution in [-0.4, -0.2) is 18.0 Å². The SMILES string of the molecule is CC1CCC(NC(=O)CC(N)C(C)C)C(C)C1. The van der Waals surface area contributed by atoms with Crippen LogP contribution in [-0.2, 0) is 4.79 Å². The van der Waals surface area contributed by atoms with E-state index in [0.717, 1.165) is 12.3 Å². The van der Waals surface area contributed by atoms with E-state index in [-0.39, 0.29) is 11.9 Å². The summed E-state index contributed by atoms with van der Waals surface area (Å²) in [5.41, 5.74) is 5.92. The second-order valence-electron chi connectivity index (χ2n) is 6.18. The summed E-state index contributed by atoms with van der Waals surface area (Å²) in [6.07, 6.45) is 4.02. The maximum atomic E-state index is 11.9. The molecule has 17 heavy (non-hydrogen) atoms. The molecule has 0 heterocycles. The number of hydrogen-bond donors (Lipinski definition) is 2. The molecular formula is C14H28N2O. The van der Waals surface area contributed by atoms with Crippen molar-refractivity contribution in [2.45, 2.75) is 65.5 Å². The smallest absolute Gasteiger partial charge is 0.221 e. The van der Waals surface area contributed by atoms with Gasteiger partial charge in [-0.2, -0.15) is 0 Å². The second kappa shape index (κ2) is 6.39. The molecule has 0 saturated heterocycles. The molecule has 1 rings (SSSR count).